The minimum atomic E-state index is 0.531. The van der Waals surface area contributed by atoms with Crippen LogP contribution in [0.15, 0.2) is 18.2 Å². The Morgan fingerprint density at radius 3 is 2.83 bits per heavy atom. The molecule has 2 atom stereocenters. The largest absolute Gasteiger partial charge is 0.381 e. The van der Waals surface area contributed by atoms with Gasteiger partial charge in [0.1, 0.15) is 6.07 Å². The van der Waals surface area contributed by atoms with Gasteiger partial charge in [-0.2, -0.15) is 5.26 Å². The van der Waals surface area contributed by atoms with Crippen LogP contribution in [-0.2, 0) is 0 Å². The van der Waals surface area contributed by atoms with Crippen molar-refractivity contribution in [3.05, 3.63) is 29.3 Å². The van der Waals surface area contributed by atoms with Crippen molar-refractivity contribution in [3.8, 4) is 6.07 Å². The summed E-state index contributed by atoms with van der Waals surface area (Å²) in [5, 5.41) is 12.8. The summed E-state index contributed by atoms with van der Waals surface area (Å²) in [5.41, 5.74) is 2.87. The van der Waals surface area contributed by atoms with Gasteiger partial charge in [-0.15, -0.1) is 0 Å². The van der Waals surface area contributed by atoms with Gasteiger partial charge in [0.2, 0.25) is 0 Å². The van der Waals surface area contributed by atoms with Gasteiger partial charge in [-0.05, 0) is 43.7 Å². The fourth-order valence-corrected chi connectivity index (χ4v) is 2.79. The Balaban J connectivity index is 2.09. The van der Waals surface area contributed by atoms with Crippen molar-refractivity contribution < 1.29 is 0 Å². The predicted molar refractivity (Wildman–Crippen MR) is 75.6 cm³/mol. The summed E-state index contributed by atoms with van der Waals surface area (Å²) in [6.45, 7) is 4.34. The van der Waals surface area contributed by atoms with Crippen LogP contribution in [0.5, 0.6) is 0 Å². The Bertz CT molecular complexity index is 445. The number of benzene rings is 1. The molecule has 2 rings (SSSR count). The fraction of sp³-hybridized carbons (Fsp3) is 0.562. The van der Waals surface area contributed by atoms with Gasteiger partial charge in [-0.25, -0.2) is 0 Å². The number of nitriles is 1. The number of rotatable bonds is 2. The standard InChI is InChI=1S/C16H22N2/c1-12-5-3-7-14(10-9-12)18-16-8-4-6-13(2)15(16)11-17/h4,6,8,12,14,18H,3,5,7,9-10H2,1-2H3. The molecular weight excluding hydrogens is 220 g/mol. The molecule has 1 saturated carbocycles. The summed E-state index contributed by atoms with van der Waals surface area (Å²) in [7, 11) is 0. The Hall–Kier alpha value is -1.49. The Kier molecular flexibility index (Phi) is 4.25. The lowest BCUT2D eigenvalue weighted by Gasteiger charge is -2.19. The molecule has 1 aromatic carbocycles. The zero-order chi connectivity index (χ0) is 13.0. The van der Waals surface area contributed by atoms with Crippen LogP contribution in [-0.4, -0.2) is 6.04 Å². The molecule has 0 spiro atoms. The highest BCUT2D eigenvalue weighted by Crippen LogP contribution is 2.26. The Morgan fingerprint density at radius 2 is 2.06 bits per heavy atom. The summed E-state index contributed by atoms with van der Waals surface area (Å²) >= 11 is 0. The van der Waals surface area contributed by atoms with Gasteiger partial charge in [0.25, 0.3) is 0 Å². The van der Waals surface area contributed by atoms with E-state index in [0.29, 0.717) is 6.04 Å². The van der Waals surface area contributed by atoms with Gasteiger partial charge in [-0.3, -0.25) is 0 Å². The van der Waals surface area contributed by atoms with Gasteiger partial charge in [-0.1, -0.05) is 31.9 Å². The molecule has 1 aliphatic rings. The molecular formula is C16H22N2. The second kappa shape index (κ2) is 5.91. The second-order valence-corrected chi connectivity index (χ2v) is 5.56. The average Bonchev–Trinajstić information content (AvgIpc) is 2.55. The van der Waals surface area contributed by atoms with Gasteiger partial charge < -0.3 is 5.32 Å². The average molecular weight is 242 g/mol. The van der Waals surface area contributed by atoms with E-state index in [1.54, 1.807) is 0 Å². The van der Waals surface area contributed by atoms with Crippen molar-refractivity contribution in [2.75, 3.05) is 5.32 Å². The van der Waals surface area contributed by atoms with E-state index in [1.807, 2.05) is 25.1 Å². The zero-order valence-corrected chi connectivity index (χ0v) is 11.4. The molecule has 1 fully saturated rings. The van der Waals surface area contributed by atoms with Crippen molar-refractivity contribution in [2.24, 2.45) is 5.92 Å². The molecule has 18 heavy (non-hydrogen) atoms. The SMILES string of the molecule is Cc1cccc(NC2CCCC(C)CC2)c1C#N. The molecule has 2 nitrogen and oxygen atoms in total. The number of aryl methyl sites for hydroxylation is 1. The van der Waals surface area contributed by atoms with E-state index in [2.05, 4.69) is 18.3 Å². The smallest absolute Gasteiger partial charge is 0.102 e. The van der Waals surface area contributed by atoms with Crippen molar-refractivity contribution in [1.29, 1.82) is 5.26 Å². The number of nitrogens with zero attached hydrogens (tertiary/aromatic N) is 1. The van der Waals surface area contributed by atoms with Crippen molar-refractivity contribution in [2.45, 2.75) is 52.0 Å². The number of hydrogen-bond acceptors (Lipinski definition) is 2. The second-order valence-electron chi connectivity index (χ2n) is 5.56. The molecule has 1 aromatic rings. The first kappa shape index (κ1) is 13.0. The summed E-state index contributed by atoms with van der Waals surface area (Å²) in [5.74, 6) is 0.852. The lowest BCUT2D eigenvalue weighted by atomic mass is 10.0. The van der Waals surface area contributed by atoms with E-state index in [1.165, 1.54) is 32.1 Å². The molecule has 0 bridgehead atoms. The molecule has 96 valence electrons. The Morgan fingerprint density at radius 1 is 1.22 bits per heavy atom. The third kappa shape index (κ3) is 3.04. The van der Waals surface area contributed by atoms with Crippen molar-refractivity contribution in [1.82, 2.24) is 0 Å². The normalized spacial score (nSPS) is 24.1. The quantitative estimate of drug-likeness (QED) is 0.787. The van der Waals surface area contributed by atoms with E-state index in [4.69, 9.17) is 0 Å². The van der Waals surface area contributed by atoms with E-state index < -0.39 is 0 Å². The first-order chi connectivity index (χ1) is 8.70. The first-order valence-corrected chi connectivity index (χ1v) is 6.97. The summed E-state index contributed by atoms with van der Waals surface area (Å²) in [6, 6.07) is 8.90. The van der Waals surface area contributed by atoms with Crippen LogP contribution in [0.25, 0.3) is 0 Å². The van der Waals surface area contributed by atoms with Crippen LogP contribution < -0.4 is 5.32 Å². The Labute approximate surface area is 110 Å². The van der Waals surface area contributed by atoms with Crippen LogP contribution in [0.4, 0.5) is 5.69 Å². The molecule has 1 N–H and O–H groups in total. The van der Waals surface area contributed by atoms with Gasteiger partial charge in [0.05, 0.1) is 11.3 Å². The number of hydrogen-bond donors (Lipinski definition) is 1. The topological polar surface area (TPSA) is 35.8 Å². The molecule has 2 heteroatoms. The number of nitrogens with one attached hydrogen (secondary N) is 1. The summed E-state index contributed by atoms with van der Waals surface area (Å²) < 4.78 is 0. The molecule has 0 saturated heterocycles. The van der Waals surface area contributed by atoms with E-state index in [0.717, 1.165) is 22.7 Å². The summed E-state index contributed by atoms with van der Waals surface area (Å²) in [6.07, 6.45) is 6.39. The first-order valence-electron chi connectivity index (χ1n) is 6.97. The van der Waals surface area contributed by atoms with Crippen LogP contribution in [0.3, 0.4) is 0 Å². The third-order valence-electron chi connectivity index (χ3n) is 4.00. The van der Waals surface area contributed by atoms with E-state index >= 15 is 0 Å². The van der Waals surface area contributed by atoms with E-state index in [9.17, 15) is 5.26 Å². The predicted octanol–water partition coefficient (Wildman–Crippen LogP) is 4.25. The van der Waals surface area contributed by atoms with Gasteiger partial charge in [0.15, 0.2) is 0 Å². The zero-order valence-electron chi connectivity index (χ0n) is 11.4. The fourth-order valence-electron chi connectivity index (χ4n) is 2.79. The molecule has 0 heterocycles. The molecule has 0 aromatic heterocycles. The minimum Gasteiger partial charge on any atom is -0.381 e. The van der Waals surface area contributed by atoms with Gasteiger partial charge >= 0.3 is 0 Å². The van der Waals surface area contributed by atoms with Gasteiger partial charge in [0, 0.05) is 6.04 Å². The minimum absolute atomic E-state index is 0.531. The highest BCUT2D eigenvalue weighted by Gasteiger charge is 2.17. The van der Waals surface area contributed by atoms with Crippen LogP contribution in [0.2, 0.25) is 0 Å². The highest BCUT2D eigenvalue weighted by molar-refractivity contribution is 5.61. The maximum absolute atomic E-state index is 9.24. The molecule has 0 radical (unpaired) electrons. The molecule has 0 amide bonds. The van der Waals surface area contributed by atoms with Crippen LogP contribution in [0.1, 0.15) is 50.2 Å². The van der Waals surface area contributed by atoms with E-state index in [-0.39, 0.29) is 0 Å². The maximum atomic E-state index is 9.24. The van der Waals surface area contributed by atoms with Crippen molar-refractivity contribution in [3.63, 3.8) is 0 Å². The lowest BCUT2D eigenvalue weighted by molar-refractivity contribution is 0.502. The summed E-state index contributed by atoms with van der Waals surface area (Å²) in [4.78, 5) is 0. The third-order valence-corrected chi connectivity index (χ3v) is 4.00. The number of anilines is 1. The highest BCUT2D eigenvalue weighted by atomic mass is 14.9. The molecule has 0 aliphatic heterocycles. The maximum Gasteiger partial charge on any atom is 0.102 e. The monoisotopic (exact) mass is 242 g/mol. The lowest BCUT2D eigenvalue weighted by Crippen LogP contribution is -2.19. The van der Waals surface area contributed by atoms with Crippen molar-refractivity contribution >= 4 is 5.69 Å². The molecule has 2 unspecified atom stereocenters. The molecule has 1 aliphatic carbocycles. The van der Waals surface area contributed by atoms with Crippen LogP contribution >= 0.6 is 0 Å². The van der Waals surface area contributed by atoms with Crippen LogP contribution in [0, 0.1) is 24.2 Å².